The van der Waals surface area contributed by atoms with E-state index in [1.165, 1.54) is 17.7 Å². The molecule has 2 heterocycles. The Morgan fingerprint density at radius 2 is 1.91 bits per heavy atom. The van der Waals surface area contributed by atoms with Crippen molar-refractivity contribution >= 4 is 11.7 Å². The summed E-state index contributed by atoms with van der Waals surface area (Å²) in [4.78, 5) is 13.5. The molecule has 1 amide bonds. The van der Waals surface area contributed by atoms with E-state index in [9.17, 15) is 9.18 Å². The van der Waals surface area contributed by atoms with Crippen molar-refractivity contribution in [3.63, 3.8) is 0 Å². The largest absolute Gasteiger partial charge is 0.363 e. The third-order valence-electron chi connectivity index (χ3n) is 6.74. The van der Waals surface area contributed by atoms with Crippen LogP contribution in [0.2, 0.25) is 0 Å². The zero-order chi connectivity index (χ0) is 22.9. The Labute approximate surface area is 189 Å². The Bertz CT molecular complexity index is 1100. The van der Waals surface area contributed by atoms with Gasteiger partial charge >= 0.3 is 0 Å². The van der Waals surface area contributed by atoms with E-state index in [0.29, 0.717) is 24.2 Å². The molecule has 5 nitrogen and oxygen atoms in total. The molecule has 32 heavy (non-hydrogen) atoms. The van der Waals surface area contributed by atoms with Gasteiger partial charge in [0.05, 0.1) is 23.3 Å². The van der Waals surface area contributed by atoms with Crippen LogP contribution in [0, 0.1) is 5.82 Å². The number of benzene rings is 2. The molecule has 168 valence electrons. The second kappa shape index (κ2) is 8.41. The Kier molecular flexibility index (Phi) is 5.80. The summed E-state index contributed by atoms with van der Waals surface area (Å²) in [7, 11) is 0. The number of rotatable bonds is 6. The number of nitrogens with one attached hydrogen (secondary N) is 2. The van der Waals surface area contributed by atoms with E-state index in [-0.39, 0.29) is 23.3 Å². The molecule has 2 aromatic carbocycles. The molecule has 4 rings (SSSR count). The van der Waals surface area contributed by atoms with Crippen LogP contribution in [0.5, 0.6) is 0 Å². The maximum Gasteiger partial charge on any atom is 0.257 e. The third kappa shape index (κ3) is 3.90. The lowest BCUT2D eigenvalue weighted by Gasteiger charge is -2.38. The smallest absolute Gasteiger partial charge is 0.257 e. The number of halogens is 1. The van der Waals surface area contributed by atoms with Gasteiger partial charge in [0, 0.05) is 0 Å². The molecule has 0 saturated heterocycles. The van der Waals surface area contributed by atoms with Gasteiger partial charge in [-0.15, -0.1) is 0 Å². The first-order valence-electron chi connectivity index (χ1n) is 11.3. The standard InChI is InChI=1S/C26H31FN4O/c1-5-26(6-2,19-13-10-14-20(27)15-19)30-24(32)21-17-28-31-23(21)29-22(16-25(31,3)4)18-11-8-7-9-12-18/h7-15,17,22,29H,5-6,16H2,1-4H3,(H,30,32). The number of anilines is 1. The molecule has 3 aromatic rings. The van der Waals surface area contributed by atoms with Crippen molar-refractivity contribution in [1.29, 1.82) is 0 Å². The molecule has 0 saturated carbocycles. The van der Waals surface area contributed by atoms with E-state index in [1.54, 1.807) is 12.3 Å². The zero-order valence-corrected chi connectivity index (χ0v) is 19.2. The van der Waals surface area contributed by atoms with Crippen LogP contribution in [0.3, 0.4) is 0 Å². The summed E-state index contributed by atoms with van der Waals surface area (Å²) >= 11 is 0. The van der Waals surface area contributed by atoms with Crippen LogP contribution in [0.25, 0.3) is 0 Å². The van der Waals surface area contributed by atoms with E-state index in [1.807, 2.05) is 42.8 Å². The van der Waals surface area contributed by atoms with E-state index in [0.717, 1.165) is 12.0 Å². The van der Waals surface area contributed by atoms with Crippen LogP contribution < -0.4 is 10.6 Å². The van der Waals surface area contributed by atoms with Gasteiger partial charge in [-0.25, -0.2) is 9.07 Å². The van der Waals surface area contributed by atoms with Gasteiger partial charge in [-0.2, -0.15) is 5.10 Å². The molecule has 1 aromatic heterocycles. The van der Waals surface area contributed by atoms with Crippen molar-refractivity contribution in [3.8, 4) is 0 Å². The van der Waals surface area contributed by atoms with Crippen LogP contribution in [-0.4, -0.2) is 15.7 Å². The monoisotopic (exact) mass is 434 g/mol. The van der Waals surface area contributed by atoms with Crippen LogP contribution in [-0.2, 0) is 11.1 Å². The minimum atomic E-state index is -0.656. The molecule has 0 radical (unpaired) electrons. The van der Waals surface area contributed by atoms with Crippen LogP contribution in [0.4, 0.5) is 10.2 Å². The average Bonchev–Trinajstić information content (AvgIpc) is 3.23. The number of hydrogen-bond donors (Lipinski definition) is 2. The fourth-order valence-corrected chi connectivity index (χ4v) is 4.78. The summed E-state index contributed by atoms with van der Waals surface area (Å²) in [5.74, 6) is 0.198. The second-order valence-corrected chi connectivity index (χ2v) is 9.20. The predicted octanol–water partition coefficient (Wildman–Crippen LogP) is 5.76. The number of aromatic nitrogens is 2. The molecule has 0 aliphatic carbocycles. The number of carbonyl (C=O) groups is 1. The lowest BCUT2D eigenvalue weighted by atomic mass is 9.84. The van der Waals surface area contributed by atoms with Gasteiger partial charge in [0.15, 0.2) is 0 Å². The summed E-state index contributed by atoms with van der Waals surface area (Å²) in [6.45, 7) is 8.29. The first kappa shape index (κ1) is 22.1. The van der Waals surface area contributed by atoms with Crippen molar-refractivity contribution in [2.75, 3.05) is 5.32 Å². The molecule has 0 spiro atoms. The summed E-state index contributed by atoms with van der Waals surface area (Å²) in [5, 5.41) is 11.3. The lowest BCUT2D eigenvalue weighted by molar-refractivity contribution is 0.0889. The van der Waals surface area contributed by atoms with Gasteiger partial charge in [-0.1, -0.05) is 56.3 Å². The van der Waals surface area contributed by atoms with Crippen molar-refractivity contribution in [2.45, 2.75) is 64.1 Å². The topological polar surface area (TPSA) is 59.0 Å². The number of carbonyl (C=O) groups excluding carboxylic acids is 1. The maximum atomic E-state index is 14.0. The van der Waals surface area contributed by atoms with E-state index < -0.39 is 5.54 Å². The number of nitrogens with zero attached hydrogens (tertiary/aromatic N) is 2. The second-order valence-electron chi connectivity index (χ2n) is 9.20. The SMILES string of the molecule is CCC(CC)(NC(=O)c1cnn2c1NC(c1ccccc1)CC2(C)C)c1cccc(F)c1. The van der Waals surface area contributed by atoms with Crippen molar-refractivity contribution in [1.82, 2.24) is 15.1 Å². The van der Waals surface area contributed by atoms with Gasteiger partial charge in [0.25, 0.3) is 5.91 Å². The van der Waals surface area contributed by atoms with Gasteiger partial charge < -0.3 is 10.6 Å². The van der Waals surface area contributed by atoms with Crippen molar-refractivity contribution < 1.29 is 9.18 Å². The summed E-state index contributed by atoms with van der Waals surface area (Å²) in [6, 6.07) is 16.8. The highest BCUT2D eigenvalue weighted by Gasteiger charge is 2.38. The number of amides is 1. The van der Waals surface area contributed by atoms with Crippen LogP contribution in [0.1, 0.15) is 74.5 Å². The summed E-state index contributed by atoms with van der Waals surface area (Å²) in [5.41, 5.74) is 1.54. The molecule has 1 aliphatic heterocycles. The molecule has 1 aliphatic rings. The van der Waals surface area contributed by atoms with E-state index >= 15 is 0 Å². The molecule has 0 fully saturated rings. The fourth-order valence-electron chi connectivity index (χ4n) is 4.78. The van der Waals surface area contributed by atoms with Crippen molar-refractivity contribution in [3.05, 3.63) is 83.3 Å². The minimum Gasteiger partial charge on any atom is -0.363 e. The molecule has 1 unspecified atom stereocenters. The molecular formula is C26H31FN4O. The van der Waals surface area contributed by atoms with Crippen LogP contribution in [0.15, 0.2) is 60.8 Å². The van der Waals surface area contributed by atoms with Crippen molar-refractivity contribution in [2.24, 2.45) is 0 Å². The normalized spacial score (nSPS) is 17.3. The van der Waals surface area contributed by atoms with Crippen LogP contribution >= 0.6 is 0 Å². The quantitative estimate of drug-likeness (QED) is 0.519. The maximum absolute atomic E-state index is 14.0. The molecule has 6 heteroatoms. The van der Waals surface area contributed by atoms with E-state index in [4.69, 9.17) is 0 Å². The lowest BCUT2D eigenvalue weighted by Crippen LogP contribution is -2.45. The molecule has 1 atom stereocenters. The third-order valence-corrected chi connectivity index (χ3v) is 6.74. The average molecular weight is 435 g/mol. The Morgan fingerprint density at radius 3 is 2.56 bits per heavy atom. The Morgan fingerprint density at radius 1 is 1.19 bits per heavy atom. The minimum absolute atomic E-state index is 0.0762. The first-order chi connectivity index (χ1) is 15.3. The number of hydrogen-bond acceptors (Lipinski definition) is 3. The highest BCUT2D eigenvalue weighted by Crippen LogP contribution is 2.40. The summed E-state index contributed by atoms with van der Waals surface area (Å²) in [6.07, 6.45) is 3.78. The zero-order valence-electron chi connectivity index (χ0n) is 19.2. The fraction of sp³-hybridized carbons (Fsp3) is 0.385. The van der Waals surface area contributed by atoms with Gasteiger partial charge in [0.2, 0.25) is 0 Å². The highest BCUT2D eigenvalue weighted by molar-refractivity contribution is 5.99. The predicted molar refractivity (Wildman–Crippen MR) is 125 cm³/mol. The first-order valence-corrected chi connectivity index (χ1v) is 11.3. The number of fused-ring (bicyclic) bond motifs is 1. The molecule has 0 bridgehead atoms. The van der Waals surface area contributed by atoms with Gasteiger partial charge in [-0.3, -0.25) is 4.79 Å². The highest BCUT2D eigenvalue weighted by atomic mass is 19.1. The molecule has 2 N–H and O–H groups in total. The Hall–Kier alpha value is -3.15. The Balaban J connectivity index is 1.68. The van der Waals surface area contributed by atoms with E-state index in [2.05, 4.69) is 41.7 Å². The molecular weight excluding hydrogens is 403 g/mol. The van der Waals surface area contributed by atoms with Gasteiger partial charge in [-0.05, 0) is 56.4 Å². The van der Waals surface area contributed by atoms with Gasteiger partial charge in [0.1, 0.15) is 17.2 Å². The summed E-state index contributed by atoms with van der Waals surface area (Å²) < 4.78 is 15.9.